The Bertz CT molecular complexity index is 709. The Hall–Kier alpha value is -3.10. The predicted molar refractivity (Wildman–Crippen MR) is 70.3 cm³/mol. The van der Waals surface area contributed by atoms with Crippen molar-refractivity contribution in [3.8, 4) is 17.2 Å². The van der Waals surface area contributed by atoms with E-state index in [-0.39, 0.29) is 28.6 Å². The monoisotopic (exact) mass is 293 g/mol. The molecule has 1 N–H and O–H groups in total. The summed E-state index contributed by atoms with van der Waals surface area (Å²) in [5.41, 5.74) is -0.433. The number of nitrogens with zero attached hydrogens (tertiary/aromatic N) is 3. The van der Waals surface area contributed by atoms with Crippen molar-refractivity contribution in [2.24, 2.45) is 0 Å². The summed E-state index contributed by atoms with van der Waals surface area (Å²) in [7, 11) is 2.75. The predicted octanol–water partition coefficient (Wildman–Crippen LogP) is 1.50. The van der Waals surface area contributed by atoms with E-state index in [9.17, 15) is 14.9 Å². The summed E-state index contributed by atoms with van der Waals surface area (Å²) in [5.74, 6) is -0.763. The molecule has 0 aliphatic heterocycles. The molecular formula is C12H11N3O6. The number of carboxylic acid groups (broad SMARTS) is 1. The Morgan fingerprint density at radius 2 is 1.95 bits per heavy atom. The van der Waals surface area contributed by atoms with Gasteiger partial charge in [-0.25, -0.2) is 9.48 Å². The second-order valence-corrected chi connectivity index (χ2v) is 3.90. The second-order valence-electron chi connectivity index (χ2n) is 3.90. The third-order valence-electron chi connectivity index (χ3n) is 2.73. The average molecular weight is 293 g/mol. The molecule has 0 unspecified atom stereocenters. The zero-order chi connectivity index (χ0) is 15.6. The Morgan fingerprint density at radius 3 is 2.43 bits per heavy atom. The van der Waals surface area contributed by atoms with Crippen LogP contribution < -0.4 is 9.47 Å². The first-order valence-electron chi connectivity index (χ1n) is 5.67. The van der Waals surface area contributed by atoms with Crippen molar-refractivity contribution in [2.75, 3.05) is 14.2 Å². The van der Waals surface area contributed by atoms with E-state index in [0.717, 1.165) is 4.68 Å². The topological polar surface area (TPSA) is 117 Å². The fourth-order valence-corrected chi connectivity index (χ4v) is 1.76. The third kappa shape index (κ3) is 2.61. The van der Waals surface area contributed by atoms with E-state index in [0.29, 0.717) is 0 Å². The number of carboxylic acids is 1. The minimum absolute atomic E-state index is 0.0742. The van der Waals surface area contributed by atoms with Gasteiger partial charge in [-0.3, -0.25) is 10.1 Å². The maximum absolute atomic E-state index is 11.2. The van der Waals surface area contributed by atoms with Crippen molar-refractivity contribution in [1.29, 1.82) is 0 Å². The van der Waals surface area contributed by atoms with Gasteiger partial charge in [-0.05, 0) is 6.07 Å². The molecule has 0 spiro atoms. The van der Waals surface area contributed by atoms with E-state index in [1.807, 2.05) is 0 Å². The van der Waals surface area contributed by atoms with Crippen LogP contribution in [0.1, 0.15) is 10.5 Å². The van der Waals surface area contributed by atoms with E-state index in [1.165, 1.54) is 38.6 Å². The van der Waals surface area contributed by atoms with Gasteiger partial charge in [0.15, 0.2) is 17.2 Å². The first-order valence-corrected chi connectivity index (χ1v) is 5.67. The first kappa shape index (κ1) is 14.3. The van der Waals surface area contributed by atoms with Gasteiger partial charge in [0.05, 0.1) is 25.2 Å². The molecular weight excluding hydrogens is 282 g/mol. The third-order valence-corrected chi connectivity index (χ3v) is 2.73. The second kappa shape index (κ2) is 5.49. The molecule has 0 fully saturated rings. The van der Waals surface area contributed by atoms with Gasteiger partial charge in [-0.1, -0.05) is 0 Å². The van der Waals surface area contributed by atoms with Crippen LogP contribution in [0.25, 0.3) is 5.69 Å². The van der Waals surface area contributed by atoms with E-state index >= 15 is 0 Å². The smallest absolute Gasteiger partial charge is 0.356 e. The molecule has 2 aromatic rings. The van der Waals surface area contributed by atoms with Crippen LogP contribution in [0.3, 0.4) is 0 Å². The number of carbonyl (C=O) groups is 1. The summed E-state index contributed by atoms with van der Waals surface area (Å²) in [5, 5.41) is 23.8. The zero-order valence-corrected chi connectivity index (χ0v) is 11.1. The summed E-state index contributed by atoms with van der Waals surface area (Å²) in [6, 6.07) is 3.79. The molecule has 0 atom stereocenters. The first-order chi connectivity index (χ1) is 9.97. The summed E-state index contributed by atoms with van der Waals surface area (Å²) < 4.78 is 11.2. The van der Waals surface area contributed by atoms with E-state index in [2.05, 4.69) is 5.10 Å². The maximum atomic E-state index is 11.2. The van der Waals surface area contributed by atoms with Gasteiger partial charge >= 0.3 is 5.97 Å². The standard InChI is InChI=1S/C12H11N3O6/c1-20-10-5-8(9(15(18)19)6-11(10)21-2)14-4-3-7(13-14)12(16)17/h3-6H,1-2H3,(H,16,17). The molecule has 1 aromatic heterocycles. The number of hydrogen-bond acceptors (Lipinski definition) is 6. The van der Waals surface area contributed by atoms with Crippen molar-refractivity contribution >= 4 is 11.7 Å². The lowest BCUT2D eigenvalue weighted by Gasteiger charge is -2.10. The number of hydrogen-bond donors (Lipinski definition) is 1. The normalized spacial score (nSPS) is 10.2. The fourth-order valence-electron chi connectivity index (χ4n) is 1.76. The minimum Gasteiger partial charge on any atom is -0.493 e. The van der Waals surface area contributed by atoms with Crippen LogP contribution in [0.2, 0.25) is 0 Å². The van der Waals surface area contributed by atoms with Gasteiger partial charge in [0.25, 0.3) is 5.69 Å². The summed E-state index contributed by atoms with van der Waals surface area (Å²) in [6.07, 6.45) is 1.32. The minimum atomic E-state index is -1.23. The van der Waals surface area contributed by atoms with Crippen LogP contribution in [0.5, 0.6) is 11.5 Å². The molecule has 0 bridgehead atoms. The summed E-state index contributed by atoms with van der Waals surface area (Å²) in [6.45, 7) is 0. The number of benzene rings is 1. The Morgan fingerprint density at radius 1 is 1.33 bits per heavy atom. The molecule has 1 aromatic carbocycles. The van der Waals surface area contributed by atoms with Crippen molar-refractivity contribution in [1.82, 2.24) is 9.78 Å². The molecule has 9 heteroatoms. The largest absolute Gasteiger partial charge is 0.493 e. The number of aromatic carboxylic acids is 1. The highest BCUT2D eigenvalue weighted by molar-refractivity contribution is 5.85. The van der Waals surface area contributed by atoms with Crippen molar-refractivity contribution in [3.63, 3.8) is 0 Å². The zero-order valence-electron chi connectivity index (χ0n) is 11.1. The van der Waals surface area contributed by atoms with Crippen LogP contribution in [0.4, 0.5) is 5.69 Å². The number of methoxy groups -OCH3 is 2. The van der Waals surface area contributed by atoms with E-state index in [1.54, 1.807) is 0 Å². The van der Waals surface area contributed by atoms with Gasteiger partial charge in [-0.2, -0.15) is 5.10 Å². The van der Waals surface area contributed by atoms with Gasteiger partial charge < -0.3 is 14.6 Å². The van der Waals surface area contributed by atoms with Crippen molar-refractivity contribution in [3.05, 3.63) is 40.2 Å². The molecule has 9 nitrogen and oxygen atoms in total. The maximum Gasteiger partial charge on any atom is 0.356 e. The lowest BCUT2D eigenvalue weighted by atomic mass is 10.2. The molecule has 110 valence electrons. The van der Waals surface area contributed by atoms with Crippen LogP contribution >= 0.6 is 0 Å². The number of nitro groups is 1. The summed E-state index contributed by atoms with van der Waals surface area (Å²) in [4.78, 5) is 21.4. The molecule has 0 saturated heterocycles. The van der Waals surface area contributed by atoms with Crippen LogP contribution in [0.15, 0.2) is 24.4 Å². The van der Waals surface area contributed by atoms with Crippen LogP contribution in [-0.4, -0.2) is 40.0 Å². The van der Waals surface area contributed by atoms with Crippen LogP contribution in [0, 0.1) is 10.1 Å². The molecule has 2 rings (SSSR count). The highest BCUT2D eigenvalue weighted by Crippen LogP contribution is 2.36. The molecule has 21 heavy (non-hydrogen) atoms. The van der Waals surface area contributed by atoms with Gasteiger partial charge in [0.2, 0.25) is 0 Å². The highest BCUT2D eigenvalue weighted by atomic mass is 16.6. The van der Waals surface area contributed by atoms with Crippen LogP contribution in [-0.2, 0) is 0 Å². The number of rotatable bonds is 5. The lowest BCUT2D eigenvalue weighted by molar-refractivity contribution is -0.384. The van der Waals surface area contributed by atoms with Gasteiger partial charge in [0.1, 0.15) is 5.69 Å². The molecule has 1 heterocycles. The lowest BCUT2D eigenvalue weighted by Crippen LogP contribution is -2.05. The SMILES string of the molecule is COc1cc(-n2ccc(C(=O)O)n2)c([N+](=O)[O-])cc1OC. The Balaban J connectivity index is 2.64. The fraction of sp³-hybridized carbons (Fsp3) is 0.167. The molecule has 0 amide bonds. The van der Waals surface area contributed by atoms with E-state index in [4.69, 9.17) is 14.6 Å². The van der Waals surface area contributed by atoms with E-state index < -0.39 is 10.9 Å². The molecule has 0 radical (unpaired) electrons. The highest BCUT2D eigenvalue weighted by Gasteiger charge is 2.22. The van der Waals surface area contributed by atoms with Crippen molar-refractivity contribution < 1.29 is 24.3 Å². The van der Waals surface area contributed by atoms with Gasteiger partial charge in [-0.15, -0.1) is 0 Å². The van der Waals surface area contributed by atoms with Gasteiger partial charge in [0, 0.05) is 12.3 Å². The average Bonchev–Trinajstić information content (AvgIpc) is 2.95. The Labute approximate surface area is 118 Å². The Kier molecular flexibility index (Phi) is 3.74. The molecule has 0 saturated carbocycles. The quantitative estimate of drug-likeness (QED) is 0.655. The number of aromatic nitrogens is 2. The number of ether oxygens (including phenoxy) is 2. The summed E-state index contributed by atoms with van der Waals surface area (Å²) >= 11 is 0. The molecule has 0 aliphatic carbocycles. The number of nitro benzene ring substituents is 1. The van der Waals surface area contributed by atoms with Crippen molar-refractivity contribution in [2.45, 2.75) is 0 Å². The molecule has 0 aliphatic rings.